The van der Waals surface area contributed by atoms with Gasteiger partial charge in [-0.15, -0.1) is 0 Å². The normalized spacial score (nSPS) is 26.1. The molecule has 3 heteroatoms. The molecule has 0 spiro atoms. The maximum atomic E-state index is 12.8. The first-order chi connectivity index (χ1) is 8.20. The highest BCUT2D eigenvalue weighted by Crippen LogP contribution is 2.24. The molecule has 3 atom stereocenters. The van der Waals surface area contributed by atoms with Crippen LogP contribution in [0.15, 0.2) is 24.3 Å². The number of likely N-dealkylation sites (N-methyl/N-ethyl adjacent to an activating group) is 1. The van der Waals surface area contributed by atoms with Gasteiger partial charge in [0.2, 0.25) is 0 Å². The molecule has 0 aliphatic carbocycles. The van der Waals surface area contributed by atoms with Gasteiger partial charge in [0.25, 0.3) is 0 Å². The fourth-order valence-corrected chi connectivity index (χ4v) is 2.49. The summed E-state index contributed by atoms with van der Waals surface area (Å²) in [6.07, 6.45) is 2.28. The SMILES string of the molecule is CNC(Cc1ccc(F)cc1)C1OCCC1C. The summed E-state index contributed by atoms with van der Waals surface area (Å²) in [5.74, 6) is 0.410. The Bertz CT molecular complexity index is 352. The van der Waals surface area contributed by atoms with E-state index in [1.807, 2.05) is 19.2 Å². The van der Waals surface area contributed by atoms with Crippen LogP contribution in [-0.2, 0) is 11.2 Å². The van der Waals surface area contributed by atoms with E-state index in [1.165, 1.54) is 12.1 Å². The van der Waals surface area contributed by atoms with Crippen molar-refractivity contribution in [3.05, 3.63) is 35.6 Å². The van der Waals surface area contributed by atoms with Crippen LogP contribution in [0.3, 0.4) is 0 Å². The van der Waals surface area contributed by atoms with Crippen molar-refractivity contribution in [1.29, 1.82) is 0 Å². The minimum absolute atomic E-state index is 0.180. The van der Waals surface area contributed by atoms with Crippen LogP contribution in [0, 0.1) is 11.7 Å². The number of nitrogens with one attached hydrogen (secondary N) is 1. The van der Waals surface area contributed by atoms with Crippen LogP contribution in [0.4, 0.5) is 4.39 Å². The lowest BCUT2D eigenvalue weighted by Crippen LogP contribution is -2.41. The summed E-state index contributed by atoms with van der Waals surface area (Å²) in [5, 5.41) is 3.32. The fourth-order valence-electron chi connectivity index (χ4n) is 2.49. The second-order valence-corrected chi connectivity index (χ2v) is 4.83. The first-order valence-electron chi connectivity index (χ1n) is 6.24. The van der Waals surface area contributed by atoms with Gasteiger partial charge in [0.05, 0.1) is 6.10 Å². The minimum Gasteiger partial charge on any atom is -0.376 e. The quantitative estimate of drug-likeness (QED) is 0.868. The zero-order valence-electron chi connectivity index (χ0n) is 10.4. The van der Waals surface area contributed by atoms with E-state index in [4.69, 9.17) is 4.74 Å². The maximum Gasteiger partial charge on any atom is 0.123 e. The Labute approximate surface area is 102 Å². The van der Waals surface area contributed by atoms with Crippen LogP contribution < -0.4 is 5.32 Å². The lowest BCUT2D eigenvalue weighted by molar-refractivity contribution is 0.0634. The second kappa shape index (κ2) is 5.61. The molecule has 1 heterocycles. The van der Waals surface area contributed by atoms with Crippen molar-refractivity contribution < 1.29 is 9.13 Å². The highest BCUT2D eigenvalue weighted by atomic mass is 19.1. The van der Waals surface area contributed by atoms with E-state index in [2.05, 4.69) is 12.2 Å². The maximum absolute atomic E-state index is 12.8. The summed E-state index contributed by atoms with van der Waals surface area (Å²) in [6, 6.07) is 7.03. The average molecular weight is 237 g/mol. The third-order valence-electron chi connectivity index (χ3n) is 3.58. The molecule has 0 radical (unpaired) electrons. The molecular weight excluding hydrogens is 217 g/mol. The summed E-state index contributed by atoms with van der Waals surface area (Å²) in [4.78, 5) is 0. The molecule has 1 aromatic carbocycles. The molecule has 1 fully saturated rings. The van der Waals surface area contributed by atoms with Crippen LogP contribution in [0.25, 0.3) is 0 Å². The number of benzene rings is 1. The Morgan fingerprint density at radius 3 is 2.65 bits per heavy atom. The van der Waals surface area contributed by atoms with Crippen LogP contribution >= 0.6 is 0 Å². The lowest BCUT2D eigenvalue weighted by Gasteiger charge is -2.25. The van der Waals surface area contributed by atoms with Crippen LogP contribution in [0.5, 0.6) is 0 Å². The Morgan fingerprint density at radius 1 is 1.41 bits per heavy atom. The fraction of sp³-hybridized carbons (Fsp3) is 0.571. The van der Waals surface area contributed by atoms with Gasteiger partial charge in [-0.25, -0.2) is 4.39 Å². The topological polar surface area (TPSA) is 21.3 Å². The predicted octanol–water partition coefficient (Wildman–Crippen LogP) is 2.38. The molecule has 0 amide bonds. The molecule has 94 valence electrons. The van der Waals surface area contributed by atoms with Gasteiger partial charge in [-0.05, 0) is 43.5 Å². The highest BCUT2D eigenvalue weighted by molar-refractivity contribution is 5.17. The molecule has 2 rings (SSSR count). The van der Waals surface area contributed by atoms with E-state index in [9.17, 15) is 4.39 Å². The van der Waals surface area contributed by atoms with Crippen molar-refractivity contribution in [2.24, 2.45) is 5.92 Å². The zero-order chi connectivity index (χ0) is 12.3. The average Bonchev–Trinajstić information content (AvgIpc) is 2.75. The van der Waals surface area contributed by atoms with Gasteiger partial charge in [-0.1, -0.05) is 19.1 Å². The first kappa shape index (κ1) is 12.5. The van der Waals surface area contributed by atoms with Crippen LogP contribution in [0.2, 0.25) is 0 Å². The molecule has 1 saturated heterocycles. The smallest absolute Gasteiger partial charge is 0.123 e. The van der Waals surface area contributed by atoms with Crippen molar-refractivity contribution in [2.45, 2.75) is 31.9 Å². The molecule has 0 aromatic heterocycles. The van der Waals surface area contributed by atoms with Crippen molar-refractivity contribution in [1.82, 2.24) is 5.32 Å². The standard InChI is InChI=1S/C14H20FNO/c1-10-7-8-17-14(10)13(16-2)9-11-3-5-12(15)6-4-11/h3-6,10,13-14,16H,7-9H2,1-2H3. The Balaban J connectivity index is 2.01. The summed E-state index contributed by atoms with van der Waals surface area (Å²) >= 11 is 0. The minimum atomic E-state index is -0.180. The van der Waals surface area contributed by atoms with Crippen molar-refractivity contribution in [2.75, 3.05) is 13.7 Å². The third kappa shape index (κ3) is 3.05. The summed E-state index contributed by atoms with van der Waals surface area (Å²) < 4.78 is 18.6. The summed E-state index contributed by atoms with van der Waals surface area (Å²) in [5.41, 5.74) is 1.15. The van der Waals surface area contributed by atoms with Crippen molar-refractivity contribution in [3.8, 4) is 0 Å². The van der Waals surface area contributed by atoms with Gasteiger partial charge < -0.3 is 10.1 Å². The number of hydrogen-bond donors (Lipinski definition) is 1. The van der Waals surface area contributed by atoms with Gasteiger partial charge in [0.1, 0.15) is 5.82 Å². The van der Waals surface area contributed by atoms with Gasteiger partial charge in [0, 0.05) is 12.6 Å². The Hall–Kier alpha value is -0.930. The molecule has 0 saturated carbocycles. The number of rotatable bonds is 4. The number of ether oxygens (including phenoxy) is 1. The third-order valence-corrected chi connectivity index (χ3v) is 3.58. The van der Waals surface area contributed by atoms with Gasteiger partial charge in [0.15, 0.2) is 0 Å². The molecule has 3 unspecified atom stereocenters. The first-order valence-corrected chi connectivity index (χ1v) is 6.24. The second-order valence-electron chi connectivity index (χ2n) is 4.83. The molecule has 1 aliphatic heterocycles. The summed E-state index contributed by atoms with van der Waals surface area (Å²) in [6.45, 7) is 3.08. The zero-order valence-corrected chi connectivity index (χ0v) is 10.4. The molecule has 1 aromatic rings. The van der Waals surface area contributed by atoms with E-state index in [1.54, 1.807) is 0 Å². The predicted molar refractivity (Wildman–Crippen MR) is 66.5 cm³/mol. The molecule has 1 aliphatic rings. The van der Waals surface area contributed by atoms with E-state index in [0.29, 0.717) is 12.0 Å². The molecule has 0 bridgehead atoms. The van der Waals surface area contributed by atoms with E-state index < -0.39 is 0 Å². The Morgan fingerprint density at radius 2 is 2.12 bits per heavy atom. The highest BCUT2D eigenvalue weighted by Gasteiger charge is 2.31. The number of halogens is 1. The molecule has 17 heavy (non-hydrogen) atoms. The molecule has 2 nitrogen and oxygen atoms in total. The van der Waals surface area contributed by atoms with E-state index in [0.717, 1.165) is 25.0 Å². The monoisotopic (exact) mass is 237 g/mol. The van der Waals surface area contributed by atoms with E-state index >= 15 is 0 Å². The van der Waals surface area contributed by atoms with Crippen LogP contribution in [0.1, 0.15) is 18.9 Å². The van der Waals surface area contributed by atoms with Gasteiger partial charge >= 0.3 is 0 Å². The summed E-state index contributed by atoms with van der Waals surface area (Å²) in [7, 11) is 1.96. The largest absolute Gasteiger partial charge is 0.376 e. The van der Waals surface area contributed by atoms with E-state index in [-0.39, 0.29) is 11.9 Å². The Kier molecular flexibility index (Phi) is 4.13. The van der Waals surface area contributed by atoms with Crippen molar-refractivity contribution >= 4 is 0 Å². The lowest BCUT2D eigenvalue weighted by atomic mass is 9.93. The van der Waals surface area contributed by atoms with Crippen LogP contribution in [-0.4, -0.2) is 25.8 Å². The number of hydrogen-bond acceptors (Lipinski definition) is 2. The molecule has 1 N–H and O–H groups in total. The van der Waals surface area contributed by atoms with Crippen molar-refractivity contribution in [3.63, 3.8) is 0 Å². The van der Waals surface area contributed by atoms with Gasteiger partial charge in [-0.2, -0.15) is 0 Å². The molecular formula is C14H20FNO. The van der Waals surface area contributed by atoms with Gasteiger partial charge in [-0.3, -0.25) is 0 Å².